The van der Waals surface area contributed by atoms with Crippen molar-refractivity contribution in [3.05, 3.63) is 87.8 Å². The number of carbonyl (C=O) groups is 1. The second kappa shape index (κ2) is 12.6. The minimum absolute atomic E-state index is 0.0440. The molecule has 46 heavy (non-hydrogen) atoms. The van der Waals surface area contributed by atoms with E-state index in [4.69, 9.17) is 9.47 Å². The average molecular weight is 644 g/mol. The molecule has 3 aliphatic heterocycles. The zero-order chi connectivity index (χ0) is 31.8. The first kappa shape index (κ1) is 30.5. The van der Waals surface area contributed by atoms with Gasteiger partial charge < -0.3 is 19.7 Å². The van der Waals surface area contributed by atoms with E-state index in [0.717, 1.165) is 37.2 Å². The van der Waals surface area contributed by atoms with Gasteiger partial charge in [0.25, 0.3) is 5.56 Å². The molecule has 12 heteroatoms. The van der Waals surface area contributed by atoms with Crippen LogP contribution in [0.3, 0.4) is 0 Å². The number of anilines is 2. The number of hydrogen-bond acceptors (Lipinski definition) is 10. The maximum atomic E-state index is 14.2. The second-order valence-corrected chi connectivity index (χ2v) is 14.6. The minimum Gasteiger partial charge on any atom is -0.489 e. The number of hydrogen-bond donors (Lipinski definition) is 1. The number of carbonyl (C=O) groups excluding carboxylic acids is 1. The molecule has 5 heterocycles. The van der Waals surface area contributed by atoms with Gasteiger partial charge in [0.2, 0.25) is 5.95 Å². The lowest BCUT2D eigenvalue weighted by molar-refractivity contribution is 0.0543. The number of nitrogens with one attached hydrogen (secondary N) is 1. The standard InChI is InChI=1S/C34H37N5O6S/c1-38-14-4-7-28(20-38)45-27-10-8-26(9-11-27)36-34-35-19-25-17-29(31(40)22-12-15-44-16-13-22)33(41)39(32(25)37-34)30-18-23-5-2-3-6-24(23)21-46(30,42)43/h2-3,5-6,8-11,17,19,22,28,30H,4,7,12-16,18,20-21H2,1H3,(H,35,36,37). The highest BCUT2D eigenvalue weighted by molar-refractivity contribution is 7.90. The highest BCUT2D eigenvalue weighted by Crippen LogP contribution is 2.34. The fourth-order valence-corrected chi connectivity index (χ4v) is 8.59. The van der Waals surface area contributed by atoms with E-state index in [2.05, 4.69) is 27.2 Å². The Morgan fingerprint density at radius 2 is 1.80 bits per heavy atom. The Kier molecular flexibility index (Phi) is 8.35. The van der Waals surface area contributed by atoms with Crippen molar-refractivity contribution in [1.82, 2.24) is 19.4 Å². The molecule has 11 nitrogen and oxygen atoms in total. The number of piperidine rings is 1. The molecule has 4 aromatic rings. The van der Waals surface area contributed by atoms with Crippen LogP contribution in [0.25, 0.3) is 11.0 Å². The Hall–Kier alpha value is -4.13. The number of likely N-dealkylation sites (N-methyl/N-ethyl adjacent to an activating group) is 1. The summed E-state index contributed by atoms with van der Waals surface area (Å²) < 4.78 is 40.3. The number of aromatic nitrogens is 3. The summed E-state index contributed by atoms with van der Waals surface area (Å²) in [6.07, 6.45) is 4.89. The molecule has 2 aromatic carbocycles. The van der Waals surface area contributed by atoms with Crippen molar-refractivity contribution in [2.24, 2.45) is 5.92 Å². The van der Waals surface area contributed by atoms with Crippen molar-refractivity contribution >= 4 is 38.3 Å². The molecule has 3 aliphatic rings. The van der Waals surface area contributed by atoms with Gasteiger partial charge in [0.1, 0.15) is 22.9 Å². The Morgan fingerprint density at radius 3 is 2.57 bits per heavy atom. The molecule has 0 radical (unpaired) electrons. The van der Waals surface area contributed by atoms with Crippen LogP contribution in [0, 0.1) is 5.92 Å². The molecule has 2 fully saturated rings. The number of ketones is 1. The number of benzene rings is 2. The largest absolute Gasteiger partial charge is 0.489 e. The summed E-state index contributed by atoms with van der Waals surface area (Å²) >= 11 is 0. The first-order valence-corrected chi connectivity index (χ1v) is 17.5. The molecule has 240 valence electrons. The van der Waals surface area contributed by atoms with Crippen LogP contribution in [-0.4, -0.2) is 73.1 Å². The smallest absolute Gasteiger partial charge is 0.264 e. The lowest BCUT2D eigenvalue weighted by atomic mass is 9.91. The van der Waals surface area contributed by atoms with E-state index in [9.17, 15) is 18.0 Å². The molecule has 0 amide bonds. The van der Waals surface area contributed by atoms with Crippen LogP contribution >= 0.6 is 0 Å². The number of fused-ring (bicyclic) bond motifs is 2. The lowest BCUT2D eigenvalue weighted by Gasteiger charge is -2.30. The molecular formula is C34H37N5O6S. The normalized spacial score (nSPS) is 21.8. The van der Waals surface area contributed by atoms with Crippen LogP contribution in [0.4, 0.5) is 11.6 Å². The quantitative estimate of drug-likeness (QED) is 0.291. The molecule has 2 unspecified atom stereocenters. The van der Waals surface area contributed by atoms with Gasteiger partial charge in [-0.1, -0.05) is 24.3 Å². The van der Waals surface area contributed by atoms with Crippen molar-refractivity contribution in [2.75, 3.05) is 38.7 Å². The zero-order valence-corrected chi connectivity index (χ0v) is 26.5. The van der Waals surface area contributed by atoms with Crippen LogP contribution in [-0.2, 0) is 26.7 Å². The van der Waals surface area contributed by atoms with Crippen molar-refractivity contribution in [3.8, 4) is 5.75 Å². The van der Waals surface area contributed by atoms with Crippen LogP contribution in [0.15, 0.2) is 65.6 Å². The topological polar surface area (TPSA) is 133 Å². The Labute approximate surface area is 267 Å². The second-order valence-electron chi connectivity index (χ2n) is 12.5. The van der Waals surface area contributed by atoms with Crippen LogP contribution in [0.5, 0.6) is 5.75 Å². The minimum atomic E-state index is -3.83. The summed E-state index contributed by atoms with van der Waals surface area (Å²) in [7, 11) is -1.73. The predicted molar refractivity (Wildman–Crippen MR) is 174 cm³/mol. The first-order chi connectivity index (χ1) is 22.2. The third kappa shape index (κ3) is 6.16. The number of rotatable bonds is 7. The summed E-state index contributed by atoms with van der Waals surface area (Å²) in [6.45, 7) is 2.84. The maximum absolute atomic E-state index is 14.2. The Balaban J connectivity index is 1.25. The van der Waals surface area contributed by atoms with Crippen molar-refractivity contribution in [1.29, 1.82) is 0 Å². The highest BCUT2D eigenvalue weighted by atomic mass is 32.2. The van der Waals surface area contributed by atoms with E-state index in [1.54, 1.807) is 6.07 Å². The van der Waals surface area contributed by atoms with E-state index in [1.807, 2.05) is 42.5 Å². The molecular weight excluding hydrogens is 606 g/mol. The molecule has 0 aliphatic carbocycles. The summed E-state index contributed by atoms with van der Waals surface area (Å²) in [4.78, 5) is 39.3. The van der Waals surface area contributed by atoms with Gasteiger partial charge in [0.15, 0.2) is 15.6 Å². The number of pyridine rings is 1. The fourth-order valence-electron chi connectivity index (χ4n) is 6.73. The van der Waals surface area contributed by atoms with Crippen LogP contribution < -0.4 is 15.6 Å². The summed E-state index contributed by atoms with van der Waals surface area (Å²) in [5.41, 5.74) is 1.71. The van der Waals surface area contributed by atoms with E-state index in [0.29, 0.717) is 42.7 Å². The lowest BCUT2D eigenvalue weighted by Crippen LogP contribution is -2.39. The zero-order valence-electron chi connectivity index (χ0n) is 25.7. The van der Waals surface area contributed by atoms with Crippen LogP contribution in [0.2, 0.25) is 0 Å². The van der Waals surface area contributed by atoms with Crippen molar-refractivity contribution in [2.45, 2.75) is 49.3 Å². The molecule has 2 saturated heterocycles. The number of likely N-dealkylation sites (tertiary alicyclic amines) is 1. The van der Waals surface area contributed by atoms with E-state index < -0.39 is 20.8 Å². The van der Waals surface area contributed by atoms with E-state index in [1.165, 1.54) is 16.8 Å². The third-order valence-electron chi connectivity index (χ3n) is 9.20. The predicted octanol–water partition coefficient (Wildman–Crippen LogP) is 4.29. The van der Waals surface area contributed by atoms with Gasteiger partial charge in [-0.3, -0.25) is 14.2 Å². The van der Waals surface area contributed by atoms with E-state index in [-0.39, 0.29) is 47.1 Å². The van der Waals surface area contributed by atoms with Gasteiger partial charge in [0.05, 0.1) is 11.3 Å². The number of sulfone groups is 1. The summed E-state index contributed by atoms with van der Waals surface area (Å²) in [5.74, 6) is 0.0802. The molecule has 2 atom stereocenters. The van der Waals surface area contributed by atoms with Gasteiger partial charge in [0, 0.05) is 49.4 Å². The van der Waals surface area contributed by atoms with Crippen molar-refractivity contribution in [3.63, 3.8) is 0 Å². The number of ether oxygens (including phenoxy) is 2. The van der Waals surface area contributed by atoms with Gasteiger partial charge in [-0.25, -0.2) is 13.4 Å². The molecule has 0 saturated carbocycles. The molecule has 0 spiro atoms. The van der Waals surface area contributed by atoms with Gasteiger partial charge in [-0.2, -0.15) is 4.98 Å². The third-order valence-corrected chi connectivity index (χ3v) is 11.1. The maximum Gasteiger partial charge on any atom is 0.264 e. The SMILES string of the molecule is CN1CCCC(Oc2ccc(Nc3ncc4cc(C(=O)C5CCOCC5)c(=O)n(C5Cc6ccccc6CS5(=O)=O)c4n3)cc2)C1. The first-order valence-electron chi connectivity index (χ1n) is 15.8. The number of nitrogens with zero attached hydrogens (tertiary/aromatic N) is 4. The summed E-state index contributed by atoms with van der Waals surface area (Å²) in [6, 6.07) is 16.3. The molecule has 1 N–H and O–H groups in total. The fraction of sp³-hybridized carbons (Fsp3) is 0.412. The van der Waals surface area contributed by atoms with Gasteiger partial charge in [-0.05, 0) is 80.7 Å². The molecule has 7 rings (SSSR count). The molecule has 0 bridgehead atoms. The summed E-state index contributed by atoms with van der Waals surface area (Å²) in [5, 5.41) is 2.37. The van der Waals surface area contributed by atoms with E-state index >= 15 is 0 Å². The van der Waals surface area contributed by atoms with Gasteiger partial charge >= 0.3 is 0 Å². The Morgan fingerprint density at radius 1 is 1.04 bits per heavy atom. The average Bonchev–Trinajstić information content (AvgIpc) is 3.05. The molecule has 2 aromatic heterocycles. The number of Topliss-reactive ketones (excluding diaryl/α,β-unsaturated/α-hetero) is 1. The van der Waals surface area contributed by atoms with Crippen LogP contribution in [0.1, 0.15) is 52.5 Å². The highest BCUT2D eigenvalue weighted by Gasteiger charge is 2.37. The van der Waals surface area contributed by atoms with Gasteiger partial charge in [-0.15, -0.1) is 0 Å². The van der Waals surface area contributed by atoms with Crippen molar-refractivity contribution < 1.29 is 22.7 Å². The monoisotopic (exact) mass is 643 g/mol. The Bertz CT molecular complexity index is 1940.